The zero-order valence-electron chi connectivity index (χ0n) is 20.8. The van der Waals surface area contributed by atoms with Gasteiger partial charge in [0.15, 0.2) is 17.2 Å². The standard InChI is InChI=1S/C27H32N4O5/c1-17(31-14-5-4-6-15-31)18-10-12-19(13-11-18)25-29-22(23(32)27(34)30-25)26(33)28-16-20-8-7-9-21(35-2)24(20)36-3/h7-13,17,32H,4-6,14-16H2,1-3H3,(H,28,33)(H,29,30,34). The van der Waals surface area contributed by atoms with Crippen LogP contribution in [0, 0.1) is 0 Å². The molecule has 1 aliphatic heterocycles. The summed E-state index contributed by atoms with van der Waals surface area (Å²) >= 11 is 0. The first-order chi connectivity index (χ1) is 17.4. The van der Waals surface area contributed by atoms with Crippen molar-refractivity contribution < 1.29 is 19.4 Å². The Bertz CT molecular complexity index is 1270. The van der Waals surface area contributed by atoms with Crippen molar-refractivity contribution in [3.8, 4) is 28.6 Å². The van der Waals surface area contributed by atoms with Crippen molar-refractivity contribution in [2.45, 2.75) is 38.8 Å². The van der Waals surface area contributed by atoms with E-state index >= 15 is 0 Å². The Morgan fingerprint density at radius 2 is 1.83 bits per heavy atom. The van der Waals surface area contributed by atoms with Crippen LogP contribution in [-0.4, -0.2) is 53.2 Å². The van der Waals surface area contributed by atoms with Crippen molar-refractivity contribution in [1.82, 2.24) is 20.2 Å². The molecule has 2 heterocycles. The first-order valence-corrected chi connectivity index (χ1v) is 12.1. The number of piperidine rings is 1. The smallest absolute Gasteiger partial charge is 0.294 e. The molecule has 0 spiro atoms. The summed E-state index contributed by atoms with van der Waals surface area (Å²) in [7, 11) is 3.04. The maximum atomic E-state index is 12.9. The number of carbonyl (C=O) groups is 1. The molecular formula is C27H32N4O5. The van der Waals surface area contributed by atoms with Crippen LogP contribution >= 0.6 is 0 Å². The predicted molar refractivity (Wildman–Crippen MR) is 137 cm³/mol. The number of para-hydroxylation sites is 1. The van der Waals surface area contributed by atoms with E-state index in [0.717, 1.165) is 13.1 Å². The lowest BCUT2D eigenvalue weighted by Gasteiger charge is -2.32. The van der Waals surface area contributed by atoms with Crippen LogP contribution < -0.4 is 20.3 Å². The highest BCUT2D eigenvalue weighted by atomic mass is 16.5. The van der Waals surface area contributed by atoms with Crippen LogP contribution in [0.4, 0.5) is 0 Å². The molecule has 1 unspecified atom stereocenters. The van der Waals surface area contributed by atoms with Gasteiger partial charge >= 0.3 is 0 Å². The average molecular weight is 493 g/mol. The summed E-state index contributed by atoms with van der Waals surface area (Å²) in [6.07, 6.45) is 3.72. The number of H-pyrrole nitrogens is 1. The lowest BCUT2D eigenvalue weighted by molar-refractivity contribution is 0.0942. The molecule has 1 atom stereocenters. The first-order valence-electron chi connectivity index (χ1n) is 12.1. The van der Waals surface area contributed by atoms with E-state index in [9.17, 15) is 14.7 Å². The molecule has 36 heavy (non-hydrogen) atoms. The molecule has 0 bridgehead atoms. The monoisotopic (exact) mass is 492 g/mol. The number of hydrogen-bond acceptors (Lipinski definition) is 7. The number of ether oxygens (including phenoxy) is 2. The fourth-order valence-electron chi connectivity index (χ4n) is 4.55. The van der Waals surface area contributed by atoms with E-state index in [1.165, 1.54) is 39.0 Å². The Morgan fingerprint density at radius 1 is 1.11 bits per heavy atom. The van der Waals surface area contributed by atoms with Crippen molar-refractivity contribution in [2.75, 3.05) is 27.3 Å². The van der Waals surface area contributed by atoms with Gasteiger partial charge in [-0.2, -0.15) is 0 Å². The van der Waals surface area contributed by atoms with E-state index in [4.69, 9.17) is 9.47 Å². The van der Waals surface area contributed by atoms with Crippen molar-refractivity contribution in [3.05, 3.63) is 69.6 Å². The third-order valence-electron chi connectivity index (χ3n) is 6.64. The van der Waals surface area contributed by atoms with Gasteiger partial charge in [-0.1, -0.05) is 42.8 Å². The number of rotatable bonds is 8. The molecule has 3 aromatic rings. The van der Waals surface area contributed by atoms with E-state index in [1.807, 2.05) is 24.3 Å². The number of benzene rings is 2. The van der Waals surface area contributed by atoms with E-state index in [-0.39, 0.29) is 18.1 Å². The Morgan fingerprint density at radius 3 is 2.50 bits per heavy atom. The average Bonchev–Trinajstić information content (AvgIpc) is 2.92. The molecule has 9 heteroatoms. The molecule has 1 amide bonds. The number of aromatic hydroxyl groups is 1. The van der Waals surface area contributed by atoms with Crippen LogP contribution in [0.15, 0.2) is 47.3 Å². The Hall–Kier alpha value is -3.85. The van der Waals surface area contributed by atoms with Gasteiger partial charge in [0, 0.05) is 23.7 Å². The Balaban J connectivity index is 1.53. The van der Waals surface area contributed by atoms with Crippen LogP contribution in [0.3, 0.4) is 0 Å². The van der Waals surface area contributed by atoms with Crippen LogP contribution in [0.1, 0.15) is 53.8 Å². The number of nitrogens with one attached hydrogen (secondary N) is 2. The van der Waals surface area contributed by atoms with Gasteiger partial charge < -0.3 is 24.9 Å². The van der Waals surface area contributed by atoms with Crippen LogP contribution in [0.25, 0.3) is 11.4 Å². The number of aromatic nitrogens is 2. The minimum Gasteiger partial charge on any atom is -0.501 e. The van der Waals surface area contributed by atoms with Gasteiger partial charge in [-0.25, -0.2) is 4.98 Å². The minimum absolute atomic E-state index is 0.0888. The predicted octanol–water partition coefficient (Wildman–Crippen LogP) is 3.64. The molecule has 1 aromatic heterocycles. The van der Waals surface area contributed by atoms with Crippen molar-refractivity contribution in [3.63, 3.8) is 0 Å². The lowest BCUT2D eigenvalue weighted by Crippen LogP contribution is -2.32. The summed E-state index contributed by atoms with van der Waals surface area (Å²) in [5.41, 5.74) is 1.36. The zero-order valence-corrected chi connectivity index (χ0v) is 20.8. The molecule has 1 aliphatic rings. The third kappa shape index (κ3) is 5.36. The summed E-state index contributed by atoms with van der Waals surface area (Å²) in [6, 6.07) is 13.4. The highest BCUT2D eigenvalue weighted by molar-refractivity contribution is 5.95. The third-order valence-corrected chi connectivity index (χ3v) is 6.64. The largest absolute Gasteiger partial charge is 0.501 e. The highest BCUT2D eigenvalue weighted by Crippen LogP contribution is 2.31. The fourth-order valence-corrected chi connectivity index (χ4v) is 4.55. The molecule has 1 fully saturated rings. The van der Waals surface area contributed by atoms with E-state index in [2.05, 4.69) is 27.1 Å². The van der Waals surface area contributed by atoms with Gasteiger partial charge in [0.2, 0.25) is 5.75 Å². The fraction of sp³-hybridized carbons (Fsp3) is 0.370. The molecular weight excluding hydrogens is 460 g/mol. The molecule has 0 radical (unpaired) electrons. The van der Waals surface area contributed by atoms with Crippen molar-refractivity contribution in [1.29, 1.82) is 0 Å². The second kappa shape index (κ2) is 11.3. The lowest BCUT2D eigenvalue weighted by atomic mass is 10.0. The van der Waals surface area contributed by atoms with Gasteiger partial charge in [-0.05, 0) is 44.5 Å². The summed E-state index contributed by atoms with van der Waals surface area (Å²) in [5, 5.41) is 13.0. The molecule has 0 aliphatic carbocycles. The number of methoxy groups -OCH3 is 2. The van der Waals surface area contributed by atoms with E-state index < -0.39 is 17.2 Å². The molecule has 9 nitrogen and oxygen atoms in total. The molecule has 3 N–H and O–H groups in total. The van der Waals surface area contributed by atoms with Crippen LogP contribution in [0.5, 0.6) is 17.2 Å². The molecule has 1 saturated heterocycles. The Kier molecular flexibility index (Phi) is 7.90. The van der Waals surface area contributed by atoms with Gasteiger partial charge in [-0.15, -0.1) is 0 Å². The molecule has 190 valence electrons. The SMILES string of the molecule is COc1cccc(CNC(=O)c2nc(-c3ccc(C(C)N4CCCCC4)cc3)[nH]c(=O)c2O)c1OC. The molecule has 0 saturated carbocycles. The quantitative estimate of drug-likeness (QED) is 0.440. The molecule has 4 rings (SSSR count). The number of amides is 1. The maximum absolute atomic E-state index is 12.9. The number of hydrogen-bond donors (Lipinski definition) is 3. The van der Waals surface area contributed by atoms with Gasteiger partial charge in [0.05, 0.1) is 14.2 Å². The second-order valence-electron chi connectivity index (χ2n) is 8.84. The number of nitrogens with zero attached hydrogens (tertiary/aromatic N) is 2. The number of carbonyl (C=O) groups excluding carboxylic acids is 1. The summed E-state index contributed by atoms with van der Waals surface area (Å²) < 4.78 is 10.7. The molecule has 2 aromatic carbocycles. The van der Waals surface area contributed by atoms with Crippen molar-refractivity contribution >= 4 is 5.91 Å². The van der Waals surface area contributed by atoms with E-state index in [0.29, 0.717) is 28.7 Å². The summed E-state index contributed by atoms with van der Waals surface area (Å²) in [4.78, 5) is 34.6. The maximum Gasteiger partial charge on any atom is 0.294 e. The Labute approximate surface area is 210 Å². The zero-order chi connectivity index (χ0) is 25.7. The second-order valence-corrected chi connectivity index (χ2v) is 8.84. The summed E-state index contributed by atoms with van der Waals surface area (Å²) in [5.74, 6) is -0.187. The van der Waals surface area contributed by atoms with Crippen LogP contribution in [0.2, 0.25) is 0 Å². The topological polar surface area (TPSA) is 117 Å². The first kappa shape index (κ1) is 25.2. The number of aromatic amines is 1. The van der Waals surface area contributed by atoms with Crippen molar-refractivity contribution in [2.24, 2.45) is 0 Å². The van der Waals surface area contributed by atoms with Gasteiger partial charge in [-0.3, -0.25) is 14.5 Å². The minimum atomic E-state index is -0.783. The highest BCUT2D eigenvalue weighted by Gasteiger charge is 2.21. The van der Waals surface area contributed by atoms with Gasteiger partial charge in [0.25, 0.3) is 11.5 Å². The van der Waals surface area contributed by atoms with Crippen LogP contribution in [-0.2, 0) is 6.54 Å². The van der Waals surface area contributed by atoms with E-state index in [1.54, 1.807) is 18.2 Å². The summed E-state index contributed by atoms with van der Waals surface area (Å²) in [6.45, 7) is 4.47. The normalized spacial score (nSPS) is 14.8. The number of likely N-dealkylation sites (tertiary alicyclic amines) is 1. The van der Waals surface area contributed by atoms with Gasteiger partial charge in [0.1, 0.15) is 5.82 Å².